The van der Waals surface area contributed by atoms with Crippen molar-refractivity contribution in [2.24, 2.45) is 5.14 Å². The number of aliphatic hydroxyl groups excluding tert-OH is 1. The molecule has 1 aliphatic carbocycles. The Morgan fingerprint density at radius 1 is 1.24 bits per heavy atom. The van der Waals surface area contributed by atoms with Gasteiger partial charge in [-0.1, -0.05) is 0 Å². The monoisotopic (exact) mass is 262 g/mol. The number of carbonyl (C=O) groups excluding carboxylic acids is 1. The van der Waals surface area contributed by atoms with Gasteiger partial charge >= 0.3 is 0 Å². The zero-order chi connectivity index (χ0) is 12.6. The molecule has 0 radical (unpaired) electrons. The van der Waals surface area contributed by atoms with Gasteiger partial charge in [0.2, 0.25) is 15.9 Å². The van der Waals surface area contributed by atoms with Crippen molar-refractivity contribution < 1.29 is 18.3 Å². The fraction of sp³-hybridized carbons (Fsp3) is 0.900. The molecule has 7 heteroatoms. The van der Waals surface area contributed by atoms with Gasteiger partial charge in [-0.2, -0.15) is 0 Å². The van der Waals surface area contributed by atoms with Gasteiger partial charge in [-0.3, -0.25) is 4.79 Å². The Labute approximate surface area is 101 Å². The second kappa shape index (κ2) is 4.55. The Hall–Kier alpha value is -0.660. The molecule has 1 unspecified atom stereocenters. The first-order valence-corrected chi connectivity index (χ1v) is 7.48. The van der Waals surface area contributed by atoms with E-state index in [0.717, 1.165) is 12.8 Å². The van der Waals surface area contributed by atoms with E-state index in [1.54, 1.807) is 4.90 Å². The van der Waals surface area contributed by atoms with Gasteiger partial charge in [0.1, 0.15) is 5.25 Å². The van der Waals surface area contributed by atoms with Crippen molar-refractivity contribution in [2.45, 2.75) is 49.5 Å². The van der Waals surface area contributed by atoms with Crippen LogP contribution in [0.4, 0.5) is 0 Å². The minimum absolute atomic E-state index is 0.00210. The molecule has 98 valence electrons. The van der Waals surface area contributed by atoms with Gasteiger partial charge in [0, 0.05) is 19.0 Å². The zero-order valence-corrected chi connectivity index (χ0v) is 10.4. The number of sulfonamides is 1. The van der Waals surface area contributed by atoms with Gasteiger partial charge in [-0.15, -0.1) is 0 Å². The molecule has 2 fully saturated rings. The molecule has 1 amide bonds. The van der Waals surface area contributed by atoms with Gasteiger partial charge in [-0.05, 0) is 25.7 Å². The molecular formula is C10H18N2O4S. The van der Waals surface area contributed by atoms with Crippen molar-refractivity contribution in [3.63, 3.8) is 0 Å². The highest BCUT2D eigenvalue weighted by Crippen LogP contribution is 2.28. The summed E-state index contributed by atoms with van der Waals surface area (Å²) in [4.78, 5) is 13.4. The van der Waals surface area contributed by atoms with Crippen LogP contribution >= 0.6 is 0 Å². The molecule has 0 aromatic carbocycles. The van der Waals surface area contributed by atoms with Crippen LogP contribution in [0.3, 0.4) is 0 Å². The number of carbonyl (C=O) groups is 1. The van der Waals surface area contributed by atoms with E-state index in [-0.39, 0.29) is 31.0 Å². The van der Waals surface area contributed by atoms with Crippen molar-refractivity contribution >= 4 is 15.9 Å². The van der Waals surface area contributed by atoms with Crippen molar-refractivity contribution in [1.29, 1.82) is 0 Å². The number of nitrogens with zero attached hydrogens (tertiary/aromatic N) is 1. The summed E-state index contributed by atoms with van der Waals surface area (Å²) in [6.07, 6.45) is 2.55. The maximum atomic E-state index is 11.8. The third kappa shape index (κ3) is 2.78. The summed E-state index contributed by atoms with van der Waals surface area (Å²) in [6, 6.07) is 0.0673. The van der Waals surface area contributed by atoms with E-state index in [0.29, 0.717) is 12.8 Å². The van der Waals surface area contributed by atoms with Gasteiger partial charge in [0.15, 0.2) is 0 Å². The predicted octanol–water partition coefficient (Wildman–Crippen LogP) is -0.821. The normalized spacial score (nSPS) is 35.3. The first kappa shape index (κ1) is 12.8. The van der Waals surface area contributed by atoms with E-state index in [2.05, 4.69) is 0 Å². The van der Waals surface area contributed by atoms with Crippen LogP contribution in [-0.4, -0.2) is 48.3 Å². The van der Waals surface area contributed by atoms with E-state index >= 15 is 0 Å². The minimum Gasteiger partial charge on any atom is -0.393 e. The van der Waals surface area contributed by atoms with Crippen molar-refractivity contribution in [2.75, 3.05) is 6.54 Å². The molecule has 1 aliphatic heterocycles. The topological polar surface area (TPSA) is 101 Å². The van der Waals surface area contributed by atoms with Gasteiger partial charge in [0.25, 0.3) is 0 Å². The molecule has 1 heterocycles. The molecule has 1 atom stereocenters. The van der Waals surface area contributed by atoms with Crippen LogP contribution in [-0.2, 0) is 14.8 Å². The van der Waals surface area contributed by atoms with E-state index in [4.69, 9.17) is 5.14 Å². The van der Waals surface area contributed by atoms with E-state index in [1.807, 2.05) is 0 Å². The maximum Gasteiger partial charge on any atom is 0.224 e. The predicted molar refractivity (Wildman–Crippen MR) is 61.5 cm³/mol. The number of nitrogens with two attached hydrogens (primary N) is 1. The molecule has 0 bridgehead atoms. The van der Waals surface area contributed by atoms with Crippen molar-refractivity contribution in [3.8, 4) is 0 Å². The highest BCUT2D eigenvalue weighted by Gasteiger charge is 2.40. The lowest BCUT2D eigenvalue weighted by atomic mass is 9.92. The van der Waals surface area contributed by atoms with E-state index in [9.17, 15) is 18.3 Å². The average Bonchev–Trinajstić information content (AvgIpc) is 2.61. The summed E-state index contributed by atoms with van der Waals surface area (Å²) in [5, 5.41) is 13.7. The fourth-order valence-electron chi connectivity index (χ4n) is 2.64. The van der Waals surface area contributed by atoms with E-state index < -0.39 is 15.3 Å². The summed E-state index contributed by atoms with van der Waals surface area (Å²) < 4.78 is 22.4. The molecule has 3 N–H and O–H groups in total. The molecule has 0 aromatic rings. The van der Waals surface area contributed by atoms with Crippen LogP contribution in [0.2, 0.25) is 0 Å². The molecular weight excluding hydrogens is 244 g/mol. The van der Waals surface area contributed by atoms with Crippen LogP contribution < -0.4 is 5.14 Å². The van der Waals surface area contributed by atoms with Gasteiger partial charge in [-0.25, -0.2) is 13.6 Å². The SMILES string of the molecule is NS(=O)(=O)C1CC(=O)N(C2CCC(O)CC2)C1. The molecule has 2 rings (SSSR count). The Bertz CT molecular complexity index is 401. The van der Waals surface area contributed by atoms with E-state index in [1.165, 1.54) is 0 Å². The smallest absolute Gasteiger partial charge is 0.224 e. The first-order chi connectivity index (χ1) is 7.88. The fourth-order valence-corrected chi connectivity index (χ4v) is 3.38. The van der Waals surface area contributed by atoms with Crippen molar-refractivity contribution in [1.82, 2.24) is 4.90 Å². The quantitative estimate of drug-likeness (QED) is 0.679. The highest BCUT2D eigenvalue weighted by atomic mass is 32.2. The molecule has 17 heavy (non-hydrogen) atoms. The third-order valence-corrected chi connectivity index (χ3v) is 4.94. The summed E-state index contributed by atoms with van der Waals surface area (Å²) in [5.74, 6) is -0.134. The molecule has 0 spiro atoms. The number of hydrogen-bond donors (Lipinski definition) is 2. The first-order valence-electron chi connectivity index (χ1n) is 5.87. The van der Waals surface area contributed by atoms with Crippen LogP contribution in [0.5, 0.6) is 0 Å². The standard InChI is InChI=1S/C10H18N2O4S/c11-17(15,16)9-5-10(14)12(6-9)7-1-3-8(13)4-2-7/h7-9,13H,1-6H2,(H2,11,15,16). The lowest BCUT2D eigenvalue weighted by Gasteiger charge is -2.33. The Kier molecular flexibility index (Phi) is 3.42. The minimum atomic E-state index is -3.63. The number of likely N-dealkylation sites (tertiary alicyclic amines) is 1. The largest absolute Gasteiger partial charge is 0.393 e. The summed E-state index contributed by atoms with van der Waals surface area (Å²) in [5.41, 5.74) is 0. The number of primary sulfonamides is 1. The van der Waals surface area contributed by atoms with Gasteiger partial charge < -0.3 is 10.0 Å². The lowest BCUT2D eigenvalue weighted by molar-refractivity contribution is -0.130. The molecule has 1 saturated heterocycles. The Balaban J connectivity index is 2.01. The van der Waals surface area contributed by atoms with Crippen LogP contribution in [0.1, 0.15) is 32.1 Å². The Morgan fingerprint density at radius 2 is 1.82 bits per heavy atom. The lowest BCUT2D eigenvalue weighted by Crippen LogP contribution is -2.41. The van der Waals surface area contributed by atoms with Crippen LogP contribution in [0.25, 0.3) is 0 Å². The average molecular weight is 262 g/mol. The highest BCUT2D eigenvalue weighted by molar-refractivity contribution is 7.89. The summed E-state index contributed by atoms with van der Waals surface area (Å²) in [6.45, 7) is 0.207. The van der Waals surface area contributed by atoms with Crippen molar-refractivity contribution in [3.05, 3.63) is 0 Å². The second-order valence-electron chi connectivity index (χ2n) is 4.92. The second-order valence-corrected chi connectivity index (χ2v) is 6.77. The Morgan fingerprint density at radius 3 is 2.29 bits per heavy atom. The molecule has 1 saturated carbocycles. The summed E-state index contributed by atoms with van der Waals surface area (Å²) in [7, 11) is -3.63. The molecule has 2 aliphatic rings. The number of amides is 1. The van der Waals surface area contributed by atoms with Crippen LogP contribution in [0, 0.1) is 0 Å². The molecule has 6 nitrogen and oxygen atoms in total. The summed E-state index contributed by atoms with van der Waals surface area (Å²) >= 11 is 0. The van der Waals surface area contributed by atoms with Gasteiger partial charge in [0.05, 0.1) is 6.10 Å². The maximum absolute atomic E-state index is 11.8. The number of aliphatic hydroxyl groups is 1. The molecule has 0 aromatic heterocycles. The number of hydrogen-bond acceptors (Lipinski definition) is 4. The van der Waals surface area contributed by atoms with Crippen LogP contribution in [0.15, 0.2) is 0 Å². The third-order valence-electron chi connectivity index (χ3n) is 3.69. The number of rotatable bonds is 2. The zero-order valence-electron chi connectivity index (χ0n) is 9.58.